The molecule has 0 unspecified atom stereocenters. The van der Waals surface area contributed by atoms with E-state index in [4.69, 9.17) is 5.11 Å². The molecule has 0 radical (unpaired) electrons. The molecule has 2 N–H and O–H groups in total. The fraction of sp³-hybridized carbons (Fsp3) is 0.333. The lowest BCUT2D eigenvalue weighted by molar-refractivity contribution is -0.148. The molecular formula is C12H10F3NO3. The summed E-state index contributed by atoms with van der Waals surface area (Å²) in [5.74, 6) is -6.81. The number of carbonyl (C=O) groups is 2. The molecule has 0 spiro atoms. The van der Waals surface area contributed by atoms with Crippen LogP contribution < -0.4 is 5.32 Å². The van der Waals surface area contributed by atoms with Crippen LogP contribution >= 0.6 is 0 Å². The first-order valence-corrected chi connectivity index (χ1v) is 5.56. The third kappa shape index (κ3) is 2.27. The van der Waals surface area contributed by atoms with E-state index in [1.807, 2.05) is 0 Å². The summed E-state index contributed by atoms with van der Waals surface area (Å²) < 4.78 is 38.7. The van der Waals surface area contributed by atoms with Gasteiger partial charge in [-0.25, -0.2) is 18.0 Å². The summed E-state index contributed by atoms with van der Waals surface area (Å²) in [4.78, 5) is 22.8. The maximum Gasteiger partial charge on any atom is 0.329 e. The lowest BCUT2D eigenvalue weighted by Crippen LogP contribution is -2.59. The van der Waals surface area contributed by atoms with Crippen LogP contribution in [0.1, 0.15) is 29.6 Å². The minimum absolute atomic E-state index is 0.250. The molecule has 1 saturated carbocycles. The van der Waals surface area contributed by atoms with Gasteiger partial charge >= 0.3 is 5.97 Å². The van der Waals surface area contributed by atoms with Gasteiger partial charge in [0.05, 0.1) is 0 Å². The molecule has 1 aliphatic carbocycles. The van der Waals surface area contributed by atoms with E-state index < -0.39 is 40.4 Å². The van der Waals surface area contributed by atoms with Crippen molar-refractivity contribution >= 4 is 11.9 Å². The van der Waals surface area contributed by atoms with Crippen molar-refractivity contribution in [2.24, 2.45) is 0 Å². The SMILES string of the molecule is O=C(NC1(C(=O)O)CCC1)c1cc(F)c(F)c(F)c1. The highest BCUT2D eigenvalue weighted by molar-refractivity contribution is 5.98. The van der Waals surface area contributed by atoms with E-state index in [0.717, 1.165) is 0 Å². The van der Waals surface area contributed by atoms with E-state index in [2.05, 4.69) is 5.32 Å². The standard InChI is InChI=1S/C12H10F3NO3/c13-7-4-6(5-8(14)9(7)15)10(17)16-12(11(18)19)2-1-3-12/h4-5H,1-3H2,(H,16,17)(H,18,19). The minimum atomic E-state index is -1.67. The van der Waals surface area contributed by atoms with Gasteiger partial charge in [-0.1, -0.05) is 0 Å². The molecule has 19 heavy (non-hydrogen) atoms. The molecule has 0 atom stereocenters. The van der Waals surface area contributed by atoms with E-state index >= 15 is 0 Å². The number of hydrogen-bond donors (Lipinski definition) is 2. The van der Waals surface area contributed by atoms with E-state index in [0.29, 0.717) is 18.6 Å². The fourth-order valence-corrected chi connectivity index (χ4v) is 1.90. The van der Waals surface area contributed by atoms with E-state index in [1.165, 1.54) is 0 Å². The van der Waals surface area contributed by atoms with Crippen molar-refractivity contribution in [2.45, 2.75) is 24.8 Å². The van der Waals surface area contributed by atoms with Crippen molar-refractivity contribution in [1.29, 1.82) is 0 Å². The molecule has 0 aliphatic heterocycles. The zero-order valence-electron chi connectivity index (χ0n) is 9.67. The van der Waals surface area contributed by atoms with Crippen LogP contribution in [0, 0.1) is 17.5 Å². The highest BCUT2D eigenvalue weighted by Gasteiger charge is 2.45. The van der Waals surface area contributed by atoms with Crippen LogP contribution in [0.3, 0.4) is 0 Å². The molecule has 0 heterocycles. The van der Waals surface area contributed by atoms with Gasteiger partial charge in [0.2, 0.25) is 0 Å². The molecule has 1 amide bonds. The minimum Gasteiger partial charge on any atom is -0.480 e. The molecule has 0 aromatic heterocycles. The van der Waals surface area contributed by atoms with Gasteiger partial charge in [-0.3, -0.25) is 4.79 Å². The van der Waals surface area contributed by atoms with Crippen LogP contribution in [-0.4, -0.2) is 22.5 Å². The summed E-state index contributed by atoms with van der Waals surface area (Å²) in [5.41, 5.74) is -1.85. The molecule has 1 aliphatic rings. The molecule has 1 aromatic carbocycles. The van der Waals surface area contributed by atoms with Crippen LogP contribution in [0.25, 0.3) is 0 Å². The quantitative estimate of drug-likeness (QED) is 0.826. The largest absolute Gasteiger partial charge is 0.480 e. The van der Waals surface area contributed by atoms with E-state index in [-0.39, 0.29) is 12.8 Å². The molecule has 2 rings (SSSR count). The van der Waals surface area contributed by atoms with Gasteiger partial charge in [-0.05, 0) is 31.4 Å². The van der Waals surface area contributed by atoms with Gasteiger partial charge < -0.3 is 10.4 Å². The number of benzene rings is 1. The van der Waals surface area contributed by atoms with Gasteiger partial charge in [-0.2, -0.15) is 0 Å². The average Bonchev–Trinajstić information content (AvgIpc) is 2.29. The third-order valence-corrected chi connectivity index (χ3v) is 3.22. The van der Waals surface area contributed by atoms with Crippen LogP contribution in [0.15, 0.2) is 12.1 Å². The molecule has 1 aromatic rings. The molecule has 1 fully saturated rings. The second kappa shape index (κ2) is 4.56. The number of hydrogen-bond acceptors (Lipinski definition) is 2. The number of carbonyl (C=O) groups excluding carboxylic acids is 1. The summed E-state index contributed by atoms with van der Waals surface area (Å²) in [6, 6.07) is 1.06. The van der Waals surface area contributed by atoms with Gasteiger partial charge in [-0.15, -0.1) is 0 Å². The predicted molar refractivity (Wildman–Crippen MR) is 58.0 cm³/mol. The summed E-state index contributed by atoms with van der Waals surface area (Å²) in [6.45, 7) is 0. The predicted octanol–water partition coefficient (Wildman–Crippen LogP) is 1.84. The molecule has 7 heteroatoms. The van der Waals surface area contributed by atoms with Crippen LogP contribution in [0.5, 0.6) is 0 Å². The fourth-order valence-electron chi connectivity index (χ4n) is 1.90. The Hall–Kier alpha value is -2.05. The van der Waals surface area contributed by atoms with Crippen molar-refractivity contribution in [3.8, 4) is 0 Å². The Morgan fingerprint density at radius 2 is 1.68 bits per heavy atom. The summed E-state index contributed by atoms with van der Waals surface area (Å²) in [5, 5.41) is 11.2. The number of carboxylic acid groups (broad SMARTS) is 1. The third-order valence-electron chi connectivity index (χ3n) is 3.22. The monoisotopic (exact) mass is 273 g/mol. The number of rotatable bonds is 3. The molecule has 102 valence electrons. The van der Waals surface area contributed by atoms with Gasteiger partial charge in [0, 0.05) is 5.56 Å². The van der Waals surface area contributed by atoms with E-state index in [9.17, 15) is 22.8 Å². The van der Waals surface area contributed by atoms with Crippen molar-refractivity contribution in [1.82, 2.24) is 5.32 Å². The second-order valence-corrected chi connectivity index (χ2v) is 4.45. The number of amides is 1. The van der Waals surface area contributed by atoms with Crippen LogP contribution in [-0.2, 0) is 4.79 Å². The van der Waals surface area contributed by atoms with Crippen molar-refractivity contribution in [2.75, 3.05) is 0 Å². The van der Waals surface area contributed by atoms with Gasteiger partial charge in [0.15, 0.2) is 17.5 Å². The zero-order valence-corrected chi connectivity index (χ0v) is 9.67. The Balaban J connectivity index is 2.23. The van der Waals surface area contributed by atoms with Crippen LogP contribution in [0.4, 0.5) is 13.2 Å². The Kier molecular flexibility index (Phi) is 3.21. The molecule has 0 bridgehead atoms. The lowest BCUT2D eigenvalue weighted by atomic mass is 9.76. The second-order valence-electron chi connectivity index (χ2n) is 4.45. The number of aliphatic carboxylic acids is 1. The maximum atomic E-state index is 13.0. The summed E-state index contributed by atoms with van der Waals surface area (Å²) in [7, 11) is 0. The maximum absolute atomic E-state index is 13.0. The number of nitrogens with one attached hydrogen (secondary N) is 1. The summed E-state index contributed by atoms with van der Waals surface area (Å²) >= 11 is 0. The van der Waals surface area contributed by atoms with Crippen molar-refractivity contribution < 1.29 is 27.9 Å². The van der Waals surface area contributed by atoms with Gasteiger partial charge in [0.1, 0.15) is 5.54 Å². The summed E-state index contributed by atoms with van der Waals surface area (Å²) in [6.07, 6.45) is 1.14. The van der Waals surface area contributed by atoms with Crippen molar-refractivity contribution in [3.05, 3.63) is 35.1 Å². The first-order valence-electron chi connectivity index (χ1n) is 5.56. The lowest BCUT2D eigenvalue weighted by Gasteiger charge is -2.38. The van der Waals surface area contributed by atoms with E-state index in [1.54, 1.807) is 0 Å². The topological polar surface area (TPSA) is 66.4 Å². The van der Waals surface area contributed by atoms with Crippen molar-refractivity contribution in [3.63, 3.8) is 0 Å². The highest BCUT2D eigenvalue weighted by atomic mass is 19.2. The first kappa shape index (κ1) is 13.4. The normalized spacial score (nSPS) is 16.6. The Bertz CT molecular complexity index is 532. The zero-order chi connectivity index (χ0) is 14.2. The van der Waals surface area contributed by atoms with Crippen LogP contribution in [0.2, 0.25) is 0 Å². The van der Waals surface area contributed by atoms with Gasteiger partial charge in [0.25, 0.3) is 5.91 Å². The Labute approximate surface area is 106 Å². The average molecular weight is 273 g/mol. The number of carboxylic acids is 1. The number of halogens is 3. The molecule has 0 saturated heterocycles. The first-order chi connectivity index (χ1) is 8.85. The Morgan fingerprint density at radius 1 is 1.16 bits per heavy atom. The smallest absolute Gasteiger partial charge is 0.329 e. The highest BCUT2D eigenvalue weighted by Crippen LogP contribution is 2.32. The Morgan fingerprint density at radius 3 is 2.05 bits per heavy atom. The molecule has 4 nitrogen and oxygen atoms in total. The molecular weight excluding hydrogens is 263 g/mol.